The molecule has 0 radical (unpaired) electrons. The maximum absolute atomic E-state index is 9.17. The van der Waals surface area contributed by atoms with Crippen molar-refractivity contribution in [3.05, 3.63) is 42.2 Å². The number of phenols is 1. The largest absolute Gasteiger partial charge is 0.508 e. The van der Waals surface area contributed by atoms with Gasteiger partial charge in [0.2, 0.25) is 0 Å². The molecule has 1 aromatic heterocycles. The van der Waals surface area contributed by atoms with Gasteiger partial charge >= 0.3 is 0 Å². The van der Waals surface area contributed by atoms with Gasteiger partial charge in [-0.15, -0.1) is 0 Å². The van der Waals surface area contributed by atoms with Crippen LogP contribution < -0.4 is 0 Å². The highest BCUT2D eigenvalue weighted by Crippen LogP contribution is 2.16. The number of rotatable bonds is 2. The third kappa shape index (κ3) is 2.01. The van der Waals surface area contributed by atoms with E-state index in [-0.39, 0.29) is 5.75 Å². The molecule has 0 bridgehead atoms. The van der Waals surface area contributed by atoms with Crippen molar-refractivity contribution in [2.75, 3.05) is 0 Å². The molecule has 0 aliphatic carbocycles. The molecule has 0 amide bonds. The van der Waals surface area contributed by atoms with Crippen LogP contribution in [0.4, 0.5) is 0 Å². The molecule has 3 nitrogen and oxygen atoms in total. The monoisotopic (exact) mass is 202 g/mol. The third-order valence-corrected chi connectivity index (χ3v) is 2.32. The van der Waals surface area contributed by atoms with Gasteiger partial charge in [-0.2, -0.15) is 5.10 Å². The third-order valence-electron chi connectivity index (χ3n) is 2.32. The Balaban J connectivity index is 2.33. The SMILES string of the molecule is CC(C)c1ccn(-c2ccc(O)cc2)n1. The fourth-order valence-corrected chi connectivity index (χ4v) is 1.40. The van der Waals surface area contributed by atoms with E-state index in [2.05, 4.69) is 18.9 Å². The number of hydrogen-bond acceptors (Lipinski definition) is 2. The van der Waals surface area contributed by atoms with Gasteiger partial charge in [-0.25, -0.2) is 4.68 Å². The van der Waals surface area contributed by atoms with Crippen molar-refractivity contribution in [2.24, 2.45) is 0 Å². The maximum Gasteiger partial charge on any atom is 0.115 e. The Morgan fingerprint density at radius 2 is 1.80 bits per heavy atom. The summed E-state index contributed by atoms with van der Waals surface area (Å²) in [4.78, 5) is 0. The smallest absolute Gasteiger partial charge is 0.115 e. The summed E-state index contributed by atoms with van der Waals surface area (Å²) < 4.78 is 1.81. The van der Waals surface area contributed by atoms with Crippen LogP contribution in [-0.2, 0) is 0 Å². The fraction of sp³-hybridized carbons (Fsp3) is 0.250. The van der Waals surface area contributed by atoms with E-state index in [1.807, 2.05) is 29.1 Å². The molecule has 1 N–H and O–H groups in total. The molecule has 15 heavy (non-hydrogen) atoms. The Kier molecular flexibility index (Phi) is 2.46. The summed E-state index contributed by atoms with van der Waals surface area (Å²) in [6.45, 7) is 4.23. The summed E-state index contributed by atoms with van der Waals surface area (Å²) in [5, 5.41) is 13.6. The summed E-state index contributed by atoms with van der Waals surface area (Å²) in [5.74, 6) is 0.707. The van der Waals surface area contributed by atoms with Crippen molar-refractivity contribution in [1.82, 2.24) is 9.78 Å². The second-order valence-corrected chi connectivity index (χ2v) is 3.86. The lowest BCUT2D eigenvalue weighted by Crippen LogP contribution is -1.96. The molecule has 0 saturated carbocycles. The topological polar surface area (TPSA) is 38.0 Å². The van der Waals surface area contributed by atoms with Gasteiger partial charge in [0, 0.05) is 6.20 Å². The molecule has 0 fully saturated rings. The van der Waals surface area contributed by atoms with E-state index < -0.39 is 0 Å². The molecule has 2 rings (SSSR count). The Hall–Kier alpha value is -1.77. The summed E-state index contributed by atoms with van der Waals surface area (Å²) in [6, 6.07) is 9.01. The van der Waals surface area contributed by atoms with Crippen LogP contribution in [0.1, 0.15) is 25.5 Å². The van der Waals surface area contributed by atoms with Crippen molar-refractivity contribution in [3.63, 3.8) is 0 Å². The fourth-order valence-electron chi connectivity index (χ4n) is 1.40. The minimum Gasteiger partial charge on any atom is -0.508 e. The van der Waals surface area contributed by atoms with Crippen molar-refractivity contribution in [2.45, 2.75) is 19.8 Å². The van der Waals surface area contributed by atoms with Crippen LogP contribution in [-0.4, -0.2) is 14.9 Å². The number of aromatic hydroxyl groups is 1. The second-order valence-electron chi connectivity index (χ2n) is 3.86. The van der Waals surface area contributed by atoms with Gasteiger partial charge < -0.3 is 5.11 Å². The van der Waals surface area contributed by atoms with Crippen molar-refractivity contribution < 1.29 is 5.11 Å². The highest BCUT2D eigenvalue weighted by Gasteiger charge is 2.04. The second kappa shape index (κ2) is 3.77. The van der Waals surface area contributed by atoms with Gasteiger partial charge in [0.15, 0.2) is 0 Å². The first-order valence-corrected chi connectivity index (χ1v) is 5.02. The number of benzene rings is 1. The van der Waals surface area contributed by atoms with E-state index in [1.54, 1.807) is 12.1 Å². The van der Waals surface area contributed by atoms with Crippen LogP contribution >= 0.6 is 0 Å². The van der Waals surface area contributed by atoms with Crippen LogP contribution in [0.2, 0.25) is 0 Å². The lowest BCUT2D eigenvalue weighted by atomic mass is 10.1. The van der Waals surface area contributed by atoms with Gasteiger partial charge in [0.25, 0.3) is 0 Å². The van der Waals surface area contributed by atoms with E-state index in [9.17, 15) is 0 Å². The molecule has 0 atom stereocenters. The van der Waals surface area contributed by atoms with Crippen LogP contribution in [0.3, 0.4) is 0 Å². The molecule has 3 heteroatoms. The normalized spacial score (nSPS) is 10.9. The lowest BCUT2D eigenvalue weighted by Gasteiger charge is -2.02. The molecular weight excluding hydrogens is 188 g/mol. The first-order chi connectivity index (χ1) is 7.16. The van der Waals surface area contributed by atoms with Crippen LogP contribution in [0.5, 0.6) is 5.75 Å². The molecule has 0 aliphatic rings. The Labute approximate surface area is 89.0 Å². The van der Waals surface area contributed by atoms with E-state index in [0.29, 0.717) is 5.92 Å². The number of hydrogen-bond donors (Lipinski definition) is 1. The zero-order chi connectivity index (χ0) is 10.8. The number of nitrogens with zero attached hydrogens (tertiary/aromatic N) is 2. The van der Waals surface area contributed by atoms with Crippen molar-refractivity contribution in [3.8, 4) is 11.4 Å². The first kappa shape index (κ1) is 9.77. The van der Waals surface area contributed by atoms with Gasteiger partial charge in [0.1, 0.15) is 5.75 Å². The Morgan fingerprint density at radius 1 is 1.13 bits per heavy atom. The molecule has 78 valence electrons. The van der Waals surface area contributed by atoms with E-state index in [0.717, 1.165) is 11.4 Å². The summed E-state index contributed by atoms with van der Waals surface area (Å²) >= 11 is 0. The minimum absolute atomic E-state index is 0.273. The van der Waals surface area contributed by atoms with E-state index in [4.69, 9.17) is 5.11 Å². The molecule has 1 heterocycles. The van der Waals surface area contributed by atoms with Gasteiger partial charge in [-0.1, -0.05) is 13.8 Å². The molecular formula is C12H14N2O. The highest BCUT2D eigenvalue weighted by atomic mass is 16.3. The molecule has 2 aromatic rings. The molecule has 0 unspecified atom stereocenters. The standard InChI is InChI=1S/C12H14N2O/c1-9(2)12-7-8-14(13-12)10-3-5-11(15)6-4-10/h3-9,15H,1-2H3. The quantitative estimate of drug-likeness (QED) is 0.813. The van der Waals surface area contributed by atoms with Crippen LogP contribution in [0.15, 0.2) is 36.5 Å². The molecule has 0 spiro atoms. The summed E-state index contributed by atoms with van der Waals surface area (Å²) in [6.07, 6.45) is 1.93. The lowest BCUT2D eigenvalue weighted by molar-refractivity contribution is 0.475. The van der Waals surface area contributed by atoms with Crippen molar-refractivity contribution >= 4 is 0 Å². The maximum atomic E-state index is 9.17. The highest BCUT2D eigenvalue weighted by molar-refractivity contribution is 5.36. The van der Waals surface area contributed by atoms with Gasteiger partial charge in [0.05, 0.1) is 11.4 Å². The zero-order valence-corrected chi connectivity index (χ0v) is 8.88. The average molecular weight is 202 g/mol. The first-order valence-electron chi connectivity index (χ1n) is 5.02. The predicted octanol–water partition coefficient (Wildman–Crippen LogP) is 2.70. The van der Waals surface area contributed by atoms with Crippen LogP contribution in [0.25, 0.3) is 5.69 Å². The zero-order valence-electron chi connectivity index (χ0n) is 8.88. The number of phenolic OH excluding ortho intramolecular Hbond substituents is 1. The molecule has 0 aliphatic heterocycles. The molecule has 0 saturated heterocycles. The molecule has 1 aromatic carbocycles. The van der Waals surface area contributed by atoms with Gasteiger partial charge in [-0.05, 0) is 36.2 Å². The minimum atomic E-state index is 0.273. The van der Waals surface area contributed by atoms with E-state index in [1.165, 1.54) is 0 Å². The predicted molar refractivity (Wildman–Crippen MR) is 59.3 cm³/mol. The van der Waals surface area contributed by atoms with E-state index >= 15 is 0 Å². The average Bonchev–Trinajstić information content (AvgIpc) is 2.68. The van der Waals surface area contributed by atoms with Crippen molar-refractivity contribution in [1.29, 1.82) is 0 Å². The number of aromatic nitrogens is 2. The summed E-state index contributed by atoms with van der Waals surface area (Å²) in [7, 11) is 0. The Bertz CT molecular complexity index is 443. The van der Waals surface area contributed by atoms with Crippen LogP contribution in [0, 0.1) is 0 Å². The van der Waals surface area contributed by atoms with Gasteiger partial charge in [-0.3, -0.25) is 0 Å². The Morgan fingerprint density at radius 3 is 2.33 bits per heavy atom. The summed E-state index contributed by atoms with van der Waals surface area (Å²) in [5.41, 5.74) is 2.03.